The summed E-state index contributed by atoms with van der Waals surface area (Å²) < 4.78 is 0. The van der Waals surface area contributed by atoms with Crippen molar-refractivity contribution in [2.75, 3.05) is 0 Å². The molecule has 0 spiro atoms. The van der Waals surface area contributed by atoms with Gasteiger partial charge in [0.05, 0.1) is 17.6 Å². The van der Waals surface area contributed by atoms with Crippen LogP contribution in [-0.4, -0.2) is 22.0 Å². The van der Waals surface area contributed by atoms with Crippen molar-refractivity contribution in [3.05, 3.63) is 70.0 Å². The second-order valence-corrected chi connectivity index (χ2v) is 4.18. The number of nitro groups is 1. The highest BCUT2D eigenvalue weighted by atomic mass is 16.6. The van der Waals surface area contributed by atoms with Crippen LogP contribution in [0.2, 0.25) is 0 Å². The van der Waals surface area contributed by atoms with Gasteiger partial charge in [-0.25, -0.2) is 5.43 Å². The third-order valence-electron chi connectivity index (χ3n) is 2.57. The van der Waals surface area contributed by atoms with Gasteiger partial charge in [-0.2, -0.15) is 5.10 Å². The summed E-state index contributed by atoms with van der Waals surface area (Å²) in [5.41, 5.74) is 3.65. The van der Waals surface area contributed by atoms with Crippen molar-refractivity contribution >= 4 is 17.8 Å². The number of carbonyl (C=O) groups excluding carboxylic acids is 1. The van der Waals surface area contributed by atoms with Crippen molar-refractivity contribution in [3.63, 3.8) is 0 Å². The Kier molecular flexibility index (Phi) is 4.70. The first-order chi connectivity index (χ1) is 10.1. The van der Waals surface area contributed by atoms with E-state index in [1.54, 1.807) is 36.7 Å². The Morgan fingerprint density at radius 2 is 2.24 bits per heavy atom. The summed E-state index contributed by atoms with van der Waals surface area (Å²) in [6.07, 6.45) is 4.75. The Bertz CT molecular complexity index is 671. The van der Waals surface area contributed by atoms with Gasteiger partial charge in [0.15, 0.2) is 0 Å². The van der Waals surface area contributed by atoms with Crippen molar-refractivity contribution in [2.45, 2.75) is 6.42 Å². The first kappa shape index (κ1) is 14.3. The zero-order chi connectivity index (χ0) is 15.1. The number of nitro benzene ring substituents is 1. The van der Waals surface area contributed by atoms with Crippen LogP contribution < -0.4 is 5.43 Å². The molecule has 0 aliphatic rings. The van der Waals surface area contributed by atoms with Crippen LogP contribution in [0.15, 0.2) is 53.9 Å². The molecule has 0 atom stereocenters. The van der Waals surface area contributed by atoms with Gasteiger partial charge in [-0.05, 0) is 11.6 Å². The molecule has 0 saturated heterocycles. The van der Waals surface area contributed by atoms with Crippen LogP contribution in [0.1, 0.15) is 11.1 Å². The average Bonchev–Trinajstić information content (AvgIpc) is 2.48. The topological polar surface area (TPSA) is 97.5 Å². The summed E-state index contributed by atoms with van der Waals surface area (Å²) >= 11 is 0. The van der Waals surface area contributed by atoms with Gasteiger partial charge < -0.3 is 0 Å². The van der Waals surface area contributed by atoms with E-state index < -0.39 is 4.92 Å². The number of benzene rings is 1. The number of hydrazone groups is 1. The molecule has 1 amide bonds. The lowest BCUT2D eigenvalue weighted by Crippen LogP contribution is -2.19. The molecule has 0 unspecified atom stereocenters. The van der Waals surface area contributed by atoms with Crippen LogP contribution in [-0.2, 0) is 11.2 Å². The lowest BCUT2D eigenvalue weighted by atomic mass is 10.2. The number of nitrogens with zero attached hydrogens (tertiary/aromatic N) is 3. The molecular weight excluding hydrogens is 272 g/mol. The number of non-ortho nitro benzene ring substituents is 1. The van der Waals surface area contributed by atoms with Gasteiger partial charge in [0, 0.05) is 30.1 Å². The largest absolute Gasteiger partial charge is 0.273 e. The SMILES string of the molecule is O=C(Cc1cccnc1)N/N=C/c1cccc([N+](=O)[O-])c1. The molecular formula is C14H12N4O3. The summed E-state index contributed by atoms with van der Waals surface area (Å²) in [5.74, 6) is -0.287. The van der Waals surface area contributed by atoms with Crippen LogP contribution in [0, 0.1) is 10.1 Å². The van der Waals surface area contributed by atoms with Crippen molar-refractivity contribution in [2.24, 2.45) is 5.10 Å². The van der Waals surface area contributed by atoms with Gasteiger partial charge in [0.2, 0.25) is 5.91 Å². The van der Waals surface area contributed by atoms with Crippen molar-refractivity contribution in [3.8, 4) is 0 Å². The molecule has 1 aromatic carbocycles. The predicted octanol–water partition coefficient (Wildman–Crippen LogP) is 1.68. The molecule has 0 bridgehead atoms. The average molecular weight is 284 g/mol. The van der Waals surface area contributed by atoms with E-state index in [0.29, 0.717) is 5.56 Å². The van der Waals surface area contributed by atoms with Crippen molar-refractivity contribution in [1.82, 2.24) is 10.4 Å². The molecule has 0 aliphatic carbocycles. The Hall–Kier alpha value is -3.09. The fraction of sp³-hybridized carbons (Fsp3) is 0.0714. The first-order valence-corrected chi connectivity index (χ1v) is 6.10. The van der Waals surface area contributed by atoms with E-state index in [1.807, 2.05) is 0 Å². The van der Waals surface area contributed by atoms with Crippen molar-refractivity contribution < 1.29 is 9.72 Å². The second-order valence-electron chi connectivity index (χ2n) is 4.18. The molecule has 0 radical (unpaired) electrons. The molecule has 1 N–H and O–H groups in total. The third-order valence-corrected chi connectivity index (χ3v) is 2.57. The third kappa shape index (κ3) is 4.50. The normalized spacial score (nSPS) is 10.5. The first-order valence-electron chi connectivity index (χ1n) is 6.10. The van der Waals surface area contributed by atoms with E-state index >= 15 is 0 Å². The van der Waals surface area contributed by atoms with Gasteiger partial charge in [-0.3, -0.25) is 19.9 Å². The number of nitrogens with one attached hydrogen (secondary N) is 1. The highest BCUT2D eigenvalue weighted by Gasteiger charge is 2.04. The zero-order valence-corrected chi connectivity index (χ0v) is 11.0. The lowest BCUT2D eigenvalue weighted by Gasteiger charge is -1.99. The van der Waals surface area contributed by atoms with Crippen molar-refractivity contribution in [1.29, 1.82) is 0 Å². The van der Waals surface area contributed by atoms with Crippen LogP contribution in [0.4, 0.5) is 5.69 Å². The lowest BCUT2D eigenvalue weighted by molar-refractivity contribution is -0.384. The number of aromatic nitrogens is 1. The number of hydrogen-bond donors (Lipinski definition) is 1. The molecule has 106 valence electrons. The van der Waals surface area contributed by atoms with Gasteiger partial charge in [0.25, 0.3) is 5.69 Å². The molecule has 1 heterocycles. The highest BCUT2D eigenvalue weighted by molar-refractivity contribution is 5.83. The standard InChI is InChI=1S/C14H12N4O3/c19-14(8-12-4-2-6-15-9-12)17-16-10-11-3-1-5-13(7-11)18(20)21/h1-7,9-10H,8H2,(H,17,19)/b16-10+. The number of pyridine rings is 1. The summed E-state index contributed by atoms with van der Waals surface area (Å²) in [7, 11) is 0. The summed E-state index contributed by atoms with van der Waals surface area (Å²) in [6.45, 7) is 0. The molecule has 0 fully saturated rings. The Morgan fingerprint density at radius 3 is 2.95 bits per heavy atom. The zero-order valence-electron chi connectivity index (χ0n) is 11.0. The van der Waals surface area contributed by atoms with Crippen LogP contribution in [0.5, 0.6) is 0 Å². The van der Waals surface area contributed by atoms with Crippen LogP contribution >= 0.6 is 0 Å². The van der Waals surface area contributed by atoms with Gasteiger partial charge in [-0.1, -0.05) is 18.2 Å². The maximum atomic E-state index is 11.6. The Labute approximate surface area is 120 Å². The quantitative estimate of drug-likeness (QED) is 0.513. The highest BCUT2D eigenvalue weighted by Crippen LogP contribution is 2.11. The smallest absolute Gasteiger partial charge is 0.270 e. The minimum atomic E-state index is -0.488. The summed E-state index contributed by atoms with van der Waals surface area (Å²) in [6, 6.07) is 9.50. The Balaban J connectivity index is 1.91. The fourth-order valence-corrected chi connectivity index (χ4v) is 1.63. The van der Waals surface area contributed by atoms with E-state index in [2.05, 4.69) is 15.5 Å². The molecule has 7 heteroatoms. The molecule has 21 heavy (non-hydrogen) atoms. The number of rotatable bonds is 5. The molecule has 2 rings (SSSR count). The van der Waals surface area contributed by atoms with E-state index in [0.717, 1.165) is 5.56 Å². The van der Waals surface area contributed by atoms with E-state index in [1.165, 1.54) is 18.3 Å². The van der Waals surface area contributed by atoms with Gasteiger partial charge >= 0.3 is 0 Å². The van der Waals surface area contributed by atoms with Crippen LogP contribution in [0.25, 0.3) is 0 Å². The Morgan fingerprint density at radius 1 is 1.38 bits per heavy atom. The summed E-state index contributed by atoms with van der Waals surface area (Å²) in [4.78, 5) is 25.7. The number of carbonyl (C=O) groups is 1. The van der Waals surface area contributed by atoms with Gasteiger partial charge in [0.1, 0.15) is 0 Å². The number of hydrogen-bond acceptors (Lipinski definition) is 5. The summed E-state index contributed by atoms with van der Waals surface area (Å²) in [5, 5.41) is 14.4. The monoisotopic (exact) mass is 284 g/mol. The molecule has 2 aromatic rings. The van der Waals surface area contributed by atoms with E-state index in [4.69, 9.17) is 0 Å². The minimum absolute atomic E-state index is 0.0272. The maximum Gasteiger partial charge on any atom is 0.270 e. The predicted molar refractivity (Wildman–Crippen MR) is 76.8 cm³/mol. The van der Waals surface area contributed by atoms with Crippen LogP contribution in [0.3, 0.4) is 0 Å². The van der Waals surface area contributed by atoms with Gasteiger partial charge in [-0.15, -0.1) is 0 Å². The molecule has 0 saturated carbocycles. The number of amides is 1. The van der Waals surface area contributed by atoms with E-state index in [9.17, 15) is 14.9 Å². The molecule has 7 nitrogen and oxygen atoms in total. The maximum absolute atomic E-state index is 11.6. The second kappa shape index (κ2) is 6.90. The molecule has 0 aliphatic heterocycles. The van der Waals surface area contributed by atoms with E-state index in [-0.39, 0.29) is 18.0 Å². The minimum Gasteiger partial charge on any atom is -0.273 e. The fourth-order valence-electron chi connectivity index (χ4n) is 1.63. The molecule has 1 aromatic heterocycles.